The fourth-order valence-corrected chi connectivity index (χ4v) is 3.43. The van der Waals surface area contributed by atoms with Crippen LogP contribution in [0, 0.1) is 5.92 Å². The van der Waals surface area contributed by atoms with Crippen molar-refractivity contribution in [1.29, 1.82) is 0 Å². The summed E-state index contributed by atoms with van der Waals surface area (Å²) in [5.41, 5.74) is -0.604. The lowest BCUT2D eigenvalue weighted by molar-refractivity contribution is -0.314. The minimum absolute atomic E-state index is 0.0327. The third kappa shape index (κ3) is 2.65. The van der Waals surface area contributed by atoms with Crippen LogP contribution in [0.25, 0.3) is 0 Å². The van der Waals surface area contributed by atoms with E-state index >= 15 is 0 Å². The van der Waals surface area contributed by atoms with Crippen molar-refractivity contribution in [3.8, 4) is 0 Å². The maximum atomic E-state index is 13.7. The van der Waals surface area contributed by atoms with Crippen molar-refractivity contribution < 1.29 is 23.1 Å². The van der Waals surface area contributed by atoms with Gasteiger partial charge in [0.25, 0.3) is 11.6 Å². The molecule has 130 valence electrons. The number of nitrogens with one attached hydrogen (secondary N) is 1. The van der Waals surface area contributed by atoms with Crippen molar-refractivity contribution >= 4 is 17.5 Å². The van der Waals surface area contributed by atoms with Crippen molar-refractivity contribution in [3.63, 3.8) is 0 Å². The van der Waals surface area contributed by atoms with Gasteiger partial charge in [-0.05, 0) is 37.5 Å². The molecule has 1 aromatic rings. The molecule has 1 aliphatic carbocycles. The maximum Gasteiger partial charge on any atom is 0.439 e. The highest BCUT2D eigenvalue weighted by Crippen LogP contribution is 2.48. The first-order valence-corrected chi connectivity index (χ1v) is 7.99. The number of hydrogen-bond donors (Lipinski definition) is 2. The average molecular weight is 361 g/mol. The predicted octanol–water partition coefficient (Wildman–Crippen LogP) is 3.63. The fraction of sp³-hybridized carbons (Fsp3) is 0.438. The largest absolute Gasteiger partial charge is 0.439 e. The molecular formula is C16H16ClF3N2O2. The van der Waals surface area contributed by atoms with Crippen LogP contribution >= 0.6 is 11.6 Å². The summed E-state index contributed by atoms with van der Waals surface area (Å²) in [6.07, 6.45) is -1.33. The second-order valence-electron chi connectivity index (χ2n) is 5.98. The number of carbonyl (C=O) groups excluding carboxylic acids is 1. The Hall–Kier alpha value is -1.73. The first-order chi connectivity index (χ1) is 11.2. The van der Waals surface area contributed by atoms with Crippen LogP contribution in [0.3, 0.4) is 0 Å². The topological polar surface area (TPSA) is 52.6 Å². The van der Waals surface area contributed by atoms with Gasteiger partial charge in [0.15, 0.2) is 0 Å². The number of fused-ring (bicyclic) bond motifs is 1. The first kappa shape index (κ1) is 17.1. The zero-order chi connectivity index (χ0) is 17.5. The van der Waals surface area contributed by atoms with Crippen LogP contribution in [0.5, 0.6) is 0 Å². The minimum Gasteiger partial charge on any atom is -0.362 e. The lowest BCUT2D eigenvalue weighted by atomic mass is 9.89. The highest BCUT2D eigenvalue weighted by molar-refractivity contribution is 6.30. The molecule has 1 saturated heterocycles. The van der Waals surface area contributed by atoms with Crippen LogP contribution in [-0.4, -0.2) is 27.9 Å². The predicted molar refractivity (Wildman–Crippen MR) is 81.8 cm³/mol. The molecule has 24 heavy (non-hydrogen) atoms. The summed E-state index contributed by atoms with van der Waals surface area (Å²) < 4.78 is 41.2. The van der Waals surface area contributed by atoms with Crippen LogP contribution in [0.15, 0.2) is 36.0 Å². The molecule has 1 heterocycles. The Morgan fingerprint density at radius 2 is 2.12 bits per heavy atom. The van der Waals surface area contributed by atoms with E-state index in [0.29, 0.717) is 17.9 Å². The van der Waals surface area contributed by atoms with Gasteiger partial charge in [0.1, 0.15) is 0 Å². The molecule has 2 atom stereocenters. The maximum absolute atomic E-state index is 13.7. The van der Waals surface area contributed by atoms with Gasteiger partial charge < -0.3 is 5.11 Å². The van der Waals surface area contributed by atoms with Gasteiger partial charge in [-0.25, -0.2) is 5.01 Å². The third-order valence-corrected chi connectivity index (χ3v) is 4.68. The summed E-state index contributed by atoms with van der Waals surface area (Å²) in [5, 5.41) is 11.1. The SMILES string of the molecule is O=C(c1cccc(Cl)c1)N1NC2=CCCCCC2C1(O)C(F)(F)F. The molecule has 0 bridgehead atoms. The third-order valence-electron chi connectivity index (χ3n) is 4.45. The number of hydrazine groups is 1. The van der Waals surface area contributed by atoms with Gasteiger partial charge in [-0.2, -0.15) is 13.2 Å². The van der Waals surface area contributed by atoms with Gasteiger partial charge in [-0.15, -0.1) is 0 Å². The van der Waals surface area contributed by atoms with Crippen molar-refractivity contribution in [2.75, 3.05) is 0 Å². The number of carbonyl (C=O) groups is 1. The van der Waals surface area contributed by atoms with Crippen molar-refractivity contribution in [2.45, 2.75) is 37.6 Å². The molecule has 8 heteroatoms. The van der Waals surface area contributed by atoms with E-state index in [2.05, 4.69) is 5.43 Å². The Bertz CT molecular complexity index is 692. The van der Waals surface area contributed by atoms with Crippen LogP contribution in [0.1, 0.15) is 36.0 Å². The van der Waals surface area contributed by atoms with Gasteiger partial charge in [0, 0.05) is 16.3 Å². The number of nitrogens with zero attached hydrogens (tertiary/aromatic N) is 1. The van der Waals surface area contributed by atoms with Crippen LogP contribution in [0.2, 0.25) is 5.02 Å². The molecule has 1 aromatic carbocycles. The number of allylic oxidation sites excluding steroid dienone is 1. The summed E-state index contributed by atoms with van der Waals surface area (Å²) in [7, 11) is 0. The fourth-order valence-electron chi connectivity index (χ4n) is 3.24. The number of hydrogen-bond acceptors (Lipinski definition) is 3. The van der Waals surface area contributed by atoms with E-state index in [4.69, 9.17) is 11.6 Å². The van der Waals surface area contributed by atoms with E-state index in [9.17, 15) is 23.1 Å². The smallest absolute Gasteiger partial charge is 0.362 e. The summed E-state index contributed by atoms with van der Waals surface area (Å²) in [6, 6.07) is 5.61. The number of benzene rings is 1. The molecule has 0 spiro atoms. The highest BCUT2D eigenvalue weighted by Gasteiger charge is 2.68. The molecule has 0 aromatic heterocycles. The second kappa shape index (κ2) is 5.97. The van der Waals surface area contributed by atoms with E-state index in [1.54, 1.807) is 6.08 Å². The van der Waals surface area contributed by atoms with Gasteiger partial charge in [-0.3, -0.25) is 10.2 Å². The number of aliphatic hydroxyl groups is 1. The summed E-state index contributed by atoms with van der Waals surface area (Å²) in [4.78, 5) is 12.6. The highest BCUT2D eigenvalue weighted by atomic mass is 35.5. The zero-order valence-electron chi connectivity index (χ0n) is 12.6. The Labute approximate surface area is 141 Å². The summed E-state index contributed by atoms with van der Waals surface area (Å²) in [5.74, 6) is -2.20. The van der Waals surface area contributed by atoms with Crippen LogP contribution < -0.4 is 5.43 Å². The van der Waals surface area contributed by atoms with Gasteiger partial charge in [-0.1, -0.05) is 30.2 Å². The summed E-state index contributed by atoms with van der Waals surface area (Å²) >= 11 is 5.81. The molecule has 2 unspecified atom stereocenters. The van der Waals surface area contributed by atoms with Gasteiger partial charge in [0.05, 0.1) is 5.92 Å². The average Bonchev–Trinajstić information content (AvgIpc) is 2.68. The Morgan fingerprint density at radius 3 is 2.79 bits per heavy atom. The molecule has 2 N–H and O–H groups in total. The Kier molecular flexibility index (Phi) is 4.25. The standard InChI is InChI=1S/C16H16ClF3N2O2/c17-11-6-4-5-10(9-11)14(23)22-15(24,16(18,19)20)12-7-2-1-3-8-13(12)21-22/h4-6,8-9,12,21,24H,1-3,7H2. The van der Waals surface area contributed by atoms with Crippen LogP contribution in [-0.2, 0) is 0 Å². The molecule has 3 rings (SSSR count). The van der Waals surface area contributed by atoms with Crippen molar-refractivity contribution in [2.24, 2.45) is 5.92 Å². The molecule has 0 radical (unpaired) electrons. The number of alkyl halides is 3. The molecule has 2 aliphatic rings. The van der Waals surface area contributed by atoms with E-state index in [-0.39, 0.29) is 22.7 Å². The number of amides is 1. The molecule has 1 amide bonds. The number of rotatable bonds is 1. The van der Waals surface area contributed by atoms with E-state index in [0.717, 1.165) is 6.42 Å². The molecular weight excluding hydrogens is 345 g/mol. The van der Waals surface area contributed by atoms with Gasteiger partial charge >= 0.3 is 6.18 Å². The summed E-state index contributed by atoms with van der Waals surface area (Å²) in [6.45, 7) is 0. The lowest BCUT2D eigenvalue weighted by Gasteiger charge is -2.37. The van der Waals surface area contributed by atoms with E-state index in [1.165, 1.54) is 24.3 Å². The monoisotopic (exact) mass is 360 g/mol. The molecule has 1 aliphatic heterocycles. The van der Waals surface area contributed by atoms with E-state index < -0.39 is 23.7 Å². The van der Waals surface area contributed by atoms with Crippen molar-refractivity contribution in [1.82, 2.24) is 10.4 Å². The Balaban J connectivity index is 2.05. The second-order valence-corrected chi connectivity index (χ2v) is 6.42. The quantitative estimate of drug-likeness (QED) is 0.804. The number of halogens is 4. The lowest BCUT2D eigenvalue weighted by Crippen LogP contribution is -2.62. The normalized spacial score (nSPS) is 27.1. The van der Waals surface area contributed by atoms with E-state index in [1.807, 2.05) is 0 Å². The molecule has 0 saturated carbocycles. The molecule has 4 nitrogen and oxygen atoms in total. The van der Waals surface area contributed by atoms with Crippen molar-refractivity contribution in [3.05, 3.63) is 46.6 Å². The van der Waals surface area contributed by atoms with Gasteiger partial charge in [0.2, 0.25) is 0 Å². The first-order valence-electron chi connectivity index (χ1n) is 7.61. The Morgan fingerprint density at radius 1 is 1.38 bits per heavy atom. The minimum atomic E-state index is -5.00. The van der Waals surface area contributed by atoms with Crippen LogP contribution in [0.4, 0.5) is 13.2 Å². The molecule has 1 fully saturated rings. The zero-order valence-corrected chi connectivity index (χ0v) is 13.4.